The highest BCUT2D eigenvalue weighted by molar-refractivity contribution is 7.20. The van der Waals surface area contributed by atoms with Crippen LogP contribution in [0.15, 0.2) is 35.1 Å². The van der Waals surface area contributed by atoms with Crippen LogP contribution in [-0.4, -0.2) is 22.5 Å². The SMILES string of the molecule is CCCc1nc2sc(C(=O)OCCc3ccccc3)c(C)c2c(=O)[nH]1. The smallest absolute Gasteiger partial charge is 0.348 e. The third-order valence-electron chi connectivity index (χ3n) is 3.99. The zero-order valence-electron chi connectivity index (χ0n) is 14.3. The minimum Gasteiger partial charge on any atom is -0.461 e. The summed E-state index contributed by atoms with van der Waals surface area (Å²) in [5.41, 5.74) is 1.57. The lowest BCUT2D eigenvalue weighted by atomic mass is 10.2. The molecule has 0 amide bonds. The molecule has 0 atom stereocenters. The molecular weight excluding hydrogens is 336 g/mol. The molecule has 0 aliphatic carbocycles. The quantitative estimate of drug-likeness (QED) is 0.684. The minimum atomic E-state index is -0.395. The normalized spacial score (nSPS) is 11.0. The lowest BCUT2D eigenvalue weighted by molar-refractivity contribution is 0.0514. The van der Waals surface area contributed by atoms with Gasteiger partial charge in [0.1, 0.15) is 15.5 Å². The first-order chi connectivity index (χ1) is 12.1. The fourth-order valence-electron chi connectivity index (χ4n) is 2.71. The second-order valence-corrected chi connectivity index (χ2v) is 6.87. The Kier molecular flexibility index (Phi) is 5.28. The number of hydrogen-bond donors (Lipinski definition) is 1. The number of esters is 1. The first kappa shape index (κ1) is 17.4. The van der Waals surface area contributed by atoms with Gasteiger partial charge < -0.3 is 9.72 Å². The number of carbonyl (C=O) groups is 1. The van der Waals surface area contributed by atoms with E-state index in [0.717, 1.165) is 12.0 Å². The Bertz CT molecular complexity index is 944. The van der Waals surface area contributed by atoms with Gasteiger partial charge in [0, 0.05) is 12.8 Å². The number of thiophene rings is 1. The summed E-state index contributed by atoms with van der Waals surface area (Å²) < 4.78 is 5.39. The minimum absolute atomic E-state index is 0.189. The molecule has 0 unspecified atom stereocenters. The fourth-order valence-corrected chi connectivity index (χ4v) is 3.80. The summed E-state index contributed by atoms with van der Waals surface area (Å²) in [7, 11) is 0. The van der Waals surface area contributed by atoms with E-state index in [1.165, 1.54) is 11.3 Å². The molecule has 1 N–H and O–H groups in total. The van der Waals surface area contributed by atoms with E-state index >= 15 is 0 Å². The largest absolute Gasteiger partial charge is 0.461 e. The average Bonchev–Trinajstić information content (AvgIpc) is 2.93. The van der Waals surface area contributed by atoms with Crippen LogP contribution in [-0.2, 0) is 17.6 Å². The maximum absolute atomic E-state index is 12.4. The van der Waals surface area contributed by atoms with Gasteiger partial charge in [0.25, 0.3) is 5.56 Å². The highest BCUT2D eigenvalue weighted by Crippen LogP contribution is 2.27. The molecule has 0 fully saturated rings. The Morgan fingerprint density at radius 1 is 1.24 bits per heavy atom. The monoisotopic (exact) mass is 356 g/mol. The van der Waals surface area contributed by atoms with Crippen molar-refractivity contribution >= 4 is 27.5 Å². The molecule has 3 rings (SSSR count). The van der Waals surface area contributed by atoms with Crippen molar-refractivity contribution in [2.75, 3.05) is 6.61 Å². The van der Waals surface area contributed by atoms with Crippen molar-refractivity contribution in [2.45, 2.75) is 33.1 Å². The van der Waals surface area contributed by atoms with Crippen molar-refractivity contribution in [3.05, 3.63) is 62.5 Å². The zero-order chi connectivity index (χ0) is 17.8. The van der Waals surface area contributed by atoms with Crippen molar-refractivity contribution < 1.29 is 9.53 Å². The van der Waals surface area contributed by atoms with E-state index in [-0.39, 0.29) is 5.56 Å². The first-order valence-electron chi connectivity index (χ1n) is 8.33. The number of H-pyrrole nitrogens is 1. The van der Waals surface area contributed by atoms with E-state index in [4.69, 9.17) is 4.74 Å². The van der Waals surface area contributed by atoms with Crippen LogP contribution in [0.25, 0.3) is 10.2 Å². The molecule has 25 heavy (non-hydrogen) atoms. The second-order valence-electron chi connectivity index (χ2n) is 5.87. The number of benzene rings is 1. The van der Waals surface area contributed by atoms with Crippen molar-refractivity contribution in [1.29, 1.82) is 0 Å². The van der Waals surface area contributed by atoms with Gasteiger partial charge in [0.15, 0.2) is 0 Å². The van der Waals surface area contributed by atoms with E-state index in [9.17, 15) is 9.59 Å². The molecule has 0 aliphatic rings. The zero-order valence-corrected chi connectivity index (χ0v) is 15.1. The summed E-state index contributed by atoms with van der Waals surface area (Å²) in [6.07, 6.45) is 2.27. The lowest BCUT2D eigenvalue weighted by Gasteiger charge is -2.04. The summed E-state index contributed by atoms with van der Waals surface area (Å²) >= 11 is 1.23. The van der Waals surface area contributed by atoms with Crippen LogP contribution in [0.2, 0.25) is 0 Å². The summed E-state index contributed by atoms with van der Waals surface area (Å²) in [6, 6.07) is 9.86. The van der Waals surface area contributed by atoms with Gasteiger partial charge in [-0.2, -0.15) is 0 Å². The molecule has 0 spiro atoms. The first-order valence-corrected chi connectivity index (χ1v) is 9.15. The Labute approximate surface area is 149 Å². The van der Waals surface area contributed by atoms with E-state index in [1.807, 2.05) is 37.3 Å². The molecule has 0 saturated heterocycles. The predicted octanol–water partition coefficient (Wildman–Crippen LogP) is 3.65. The van der Waals surface area contributed by atoms with Crippen LogP contribution in [0.3, 0.4) is 0 Å². The van der Waals surface area contributed by atoms with Gasteiger partial charge in [-0.1, -0.05) is 37.3 Å². The maximum Gasteiger partial charge on any atom is 0.348 e. The Morgan fingerprint density at radius 3 is 2.72 bits per heavy atom. The molecule has 2 heterocycles. The van der Waals surface area contributed by atoms with Gasteiger partial charge in [-0.05, 0) is 24.5 Å². The third-order valence-corrected chi connectivity index (χ3v) is 5.15. The molecule has 2 aromatic heterocycles. The molecule has 130 valence electrons. The maximum atomic E-state index is 12.4. The van der Waals surface area contributed by atoms with Crippen molar-refractivity contribution in [3.8, 4) is 0 Å². The van der Waals surface area contributed by atoms with E-state index < -0.39 is 5.97 Å². The van der Waals surface area contributed by atoms with Crippen LogP contribution >= 0.6 is 11.3 Å². The number of aromatic nitrogens is 2. The number of ether oxygens (including phenoxy) is 1. The molecule has 6 heteroatoms. The summed E-state index contributed by atoms with van der Waals surface area (Å²) in [5, 5.41) is 0.486. The molecule has 0 saturated carbocycles. The van der Waals surface area contributed by atoms with Gasteiger partial charge in [-0.15, -0.1) is 11.3 Å². The standard InChI is InChI=1S/C19H20N2O3S/c1-3-7-14-20-17(22)15-12(2)16(25-18(15)21-14)19(23)24-11-10-13-8-5-4-6-9-13/h4-6,8-9H,3,7,10-11H2,1-2H3,(H,20,21,22). The number of rotatable bonds is 6. The second kappa shape index (κ2) is 7.61. The van der Waals surface area contributed by atoms with Crippen LogP contribution in [0.1, 0.15) is 40.0 Å². The molecule has 0 bridgehead atoms. The fraction of sp³-hybridized carbons (Fsp3) is 0.316. The van der Waals surface area contributed by atoms with Crippen LogP contribution in [0.5, 0.6) is 0 Å². The van der Waals surface area contributed by atoms with Gasteiger partial charge in [0.05, 0.1) is 12.0 Å². The van der Waals surface area contributed by atoms with Crippen LogP contribution in [0.4, 0.5) is 0 Å². The predicted molar refractivity (Wildman–Crippen MR) is 99.4 cm³/mol. The third kappa shape index (κ3) is 3.79. The highest BCUT2D eigenvalue weighted by Gasteiger charge is 2.20. The van der Waals surface area contributed by atoms with Crippen molar-refractivity contribution in [3.63, 3.8) is 0 Å². The van der Waals surface area contributed by atoms with Crippen LogP contribution < -0.4 is 5.56 Å². The highest BCUT2D eigenvalue weighted by atomic mass is 32.1. The Morgan fingerprint density at radius 2 is 2.00 bits per heavy atom. The van der Waals surface area contributed by atoms with E-state index in [2.05, 4.69) is 9.97 Å². The summed E-state index contributed by atoms with van der Waals surface area (Å²) in [6.45, 7) is 4.10. The molecule has 0 aliphatic heterocycles. The number of fused-ring (bicyclic) bond motifs is 1. The van der Waals surface area contributed by atoms with Gasteiger partial charge in [-0.3, -0.25) is 4.79 Å². The molecule has 5 nitrogen and oxygen atoms in total. The van der Waals surface area contributed by atoms with Crippen LogP contribution in [0, 0.1) is 6.92 Å². The van der Waals surface area contributed by atoms with E-state index in [1.54, 1.807) is 6.92 Å². The molecular formula is C19H20N2O3S. The number of nitrogens with zero attached hydrogens (tertiary/aromatic N) is 1. The topological polar surface area (TPSA) is 72.0 Å². The van der Waals surface area contributed by atoms with Gasteiger partial charge in [0.2, 0.25) is 0 Å². The lowest BCUT2D eigenvalue weighted by Crippen LogP contribution is -2.12. The summed E-state index contributed by atoms with van der Waals surface area (Å²) in [5.74, 6) is 0.262. The average molecular weight is 356 g/mol. The van der Waals surface area contributed by atoms with E-state index in [0.29, 0.717) is 45.9 Å². The number of nitrogens with one attached hydrogen (secondary N) is 1. The Balaban J connectivity index is 1.78. The number of carbonyl (C=O) groups excluding carboxylic acids is 1. The number of hydrogen-bond acceptors (Lipinski definition) is 5. The van der Waals surface area contributed by atoms with Crippen molar-refractivity contribution in [1.82, 2.24) is 9.97 Å². The molecule has 3 aromatic rings. The molecule has 0 radical (unpaired) electrons. The molecule has 1 aromatic carbocycles. The number of aromatic amines is 1. The van der Waals surface area contributed by atoms with Gasteiger partial charge >= 0.3 is 5.97 Å². The Hall–Kier alpha value is -2.47. The van der Waals surface area contributed by atoms with Gasteiger partial charge in [-0.25, -0.2) is 9.78 Å². The van der Waals surface area contributed by atoms with Crippen molar-refractivity contribution in [2.24, 2.45) is 0 Å². The summed E-state index contributed by atoms with van der Waals surface area (Å²) in [4.78, 5) is 33.0. The number of aryl methyl sites for hydroxylation is 2.